The number of aliphatic hydroxyl groups excluding tert-OH is 1. The van der Waals surface area contributed by atoms with Crippen molar-refractivity contribution >= 4 is 33.7 Å². The first kappa shape index (κ1) is 40.8. The lowest BCUT2D eigenvalue weighted by Crippen LogP contribution is -2.55. The van der Waals surface area contributed by atoms with Crippen LogP contribution in [-0.4, -0.2) is 85.1 Å². The van der Waals surface area contributed by atoms with Crippen LogP contribution >= 0.6 is 0 Å². The Morgan fingerprint density at radius 3 is 2.04 bits per heavy atom. The number of aromatic nitrogens is 1. The molecule has 4 amide bonds. The molecule has 1 aromatic rings. The number of aliphatic hydroxyl groups is 1. The van der Waals surface area contributed by atoms with Crippen molar-refractivity contribution in [1.29, 1.82) is 0 Å². The molecule has 1 aromatic heterocycles. The van der Waals surface area contributed by atoms with Gasteiger partial charge in [-0.05, 0) is 37.5 Å². The molecule has 0 bridgehead atoms. The van der Waals surface area contributed by atoms with Gasteiger partial charge >= 0.3 is 6.09 Å². The average Bonchev–Trinajstić information content (AvgIpc) is 3.30. The van der Waals surface area contributed by atoms with E-state index in [0.29, 0.717) is 36.7 Å². The van der Waals surface area contributed by atoms with Gasteiger partial charge in [-0.3, -0.25) is 14.4 Å². The SMILES string of the molecule is CCc1nc(COC(=O)N[C@@H](CS(C)(=O)=O)C(=O)N[C@H](CC(C)C)[C@@H](O)C[C@@H](C)C(=O)N[C@@H](C(=O)NCC(C)C)C(C)C)c(C)o1. The molecule has 0 aliphatic rings. The summed E-state index contributed by atoms with van der Waals surface area (Å²) in [6.45, 7) is 16.7. The lowest BCUT2D eigenvalue weighted by molar-refractivity contribution is -0.132. The summed E-state index contributed by atoms with van der Waals surface area (Å²) in [7, 11) is -3.74. The summed E-state index contributed by atoms with van der Waals surface area (Å²) in [4.78, 5) is 55.9. The molecule has 0 saturated heterocycles. The summed E-state index contributed by atoms with van der Waals surface area (Å²) in [5.74, 6) is -1.99. The number of carbonyl (C=O) groups excluding carboxylic acids is 4. The molecule has 5 atom stereocenters. The average molecular weight is 674 g/mol. The lowest BCUT2D eigenvalue weighted by Gasteiger charge is -2.30. The van der Waals surface area contributed by atoms with Crippen LogP contribution < -0.4 is 21.3 Å². The minimum atomic E-state index is -3.74. The van der Waals surface area contributed by atoms with Crippen LogP contribution in [0.2, 0.25) is 0 Å². The van der Waals surface area contributed by atoms with Crippen molar-refractivity contribution in [3.05, 3.63) is 17.3 Å². The van der Waals surface area contributed by atoms with Gasteiger partial charge in [-0.25, -0.2) is 18.2 Å². The number of carbonyl (C=O) groups is 4. The summed E-state index contributed by atoms with van der Waals surface area (Å²) >= 11 is 0. The molecule has 46 heavy (non-hydrogen) atoms. The molecular formula is C31H55N5O9S. The van der Waals surface area contributed by atoms with Crippen molar-refractivity contribution < 1.29 is 41.9 Å². The van der Waals surface area contributed by atoms with E-state index in [1.165, 1.54) is 0 Å². The Kier molecular flexibility index (Phi) is 16.7. The van der Waals surface area contributed by atoms with Crippen molar-refractivity contribution in [3.8, 4) is 0 Å². The predicted molar refractivity (Wildman–Crippen MR) is 173 cm³/mol. The number of oxazole rings is 1. The quantitative estimate of drug-likeness (QED) is 0.144. The van der Waals surface area contributed by atoms with Crippen molar-refractivity contribution in [2.45, 2.75) is 112 Å². The molecule has 0 saturated carbocycles. The zero-order valence-electron chi connectivity index (χ0n) is 28.9. The fraction of sp³-hybridized carbons (Fsp3) is 0.774. The molecule has 14 nitrogen and oxygen atoms in total. The standard InChI is InChI=1S/C31H55N5O9S/c1-11-26-33-23(21(9)45-26)15-44-31(41)35-24(16-46(10,42)43)29(39)34-22(12-17(2)3)25(37)13-20(8)28(38)36-27(19(6)7)30(40)32-14-18(4)5/h17-20,22,24-25,27,37H,11-16H2,1-10H3,(H,32,40)(H,34,39)(H,35,41)(H,36,38)/t20-,22-,24+,25+,27-/m1/s1. The predicted octanol–water partition coefficient (Wildman–Crippen LogP) is 2.02. The van der Waals surface area contributed by atoms with Gasteiger partial charge in [-0.15, -0.1) is 0 Å². The molecule has 15 heteroatoms. The third-order valence-corrected chi connectivity index (χ3v) is 8.09. The number of hydrogen-bond donors (Lipinski definition) is 5. The smallest absolute Gasteiger partial charge is 0.408 e. The molecule has 0 aliphatic heterocycles. The number of rotatable bonds is 19. The van der Waals surface area contributed by atoms with E-state index in [4.69, 9.17) is 9.15 Å². The topological polar surface area (TPSA) is 206 Å². The van der Waals surface area contributed by atoms with Gasteiger partial charge in [0.15, 0.2) is 5.89 Å². The minimum absolute atomic E-state index is 0.00375. The molecule has 0 fully saturated rings. The highest BCUT2D eigenvalue weighted by atomic mass is 32.2. The molecule has 5 N–H and O–H groups in total. The van der Waals surface area contributed by atoms with Crippen molar-refractivity contribution in [1.82, 2.24) is 26.3 Å². The van der Waals surface area contributed by atoms with Crippen LogP contribution in [-0.2, 0) is 42.0 Å². The fourth-order valence-electron chi connectivity index (χ4n) is 4.56. The lowest BCUT2D eigenvalue weighted by atomic mass is 9.91. The van der Waals surface area contributed by atoms with E-state index in [9.17, 15) is 32.7 Å². The number of ether oxygens (including phenoxy) is 1. The molecule has 0 spiro atoms. The molecule has 0 aromatic carbocycles. The van der Waals surface area contributed by atoms with Crippen molar-refractivity contribution in [3.63, 3.8) is 0 Å². The van der Waals surface area contributed by atoms with Crippen LogP contribution in [0, 0.1) is 30.6 Å². The van der Waals surface area contributed by atoms with Crippen LogP contribution in [0.1, 0.15) is 85.6 Å². The maximum Gasteiger partial charge on any atom is 0.408 e. The highest BCUT2D eigenvalue weighted by molar-refractivity contribution is 7.90. The molecule has 1 heterocycles. The maximum absolute atomic E-state index is 13.3. The van der Waals surface area contributed by atoms with Crippen molar-refractivity contribution in [2.75, 3.05) is 18.6 Å². The number of hydrogen-bond acceptors (Lipinski definition) is 10. The highest BCUT2D eigenvalue weighted by Crippen LogP contribution is 2.17. The van der Waals surface area contributed by atoms with E-state index >= 15 is 0 Å². The van der Waals surface area contributed by atoms with E-state index in [0.717, 1.165) is 6.26 Å². The zero-order chi connectivity index (χ0) is 35.4. The zero-order valence-corrected chi connectivity index (χ0v) is 29.7. The van der Waals surface area contributed by atoms with Gasteiger partial charge in [-0.2, -0.15) is 0 Å². The molecular weight excluding hydrogens is 618 g/mol. The van der Waals surface area contributed by atoms with Gasteiger partial charge in [0.05, 0.1) is 17.9 Å². The number of nitrogens with zero attached hydrogens (tertiary/aromatic N) is 1. The largest absolute Gasteiger partial charge is 0.446 e. The van der Waals surface area contributed by atoms with E-state index < -0.39 is 63.6 Å². The molecule has 0 unspecified atom stereocenters. The molecule has 0 radical (unpaired) electrons. The highest BCUT2D eigenvalue weighted by Gasteiger charge is 2.33. The third kappa shape index (κ3) is 14.9. The minimum Gasteiger partial charge on any atom is -0.446 e. The van der Waals surface area contributed by atoms with Gasteiger partial charge in [0, 0.05) is 25.1 Å². The second kappa shape index (κ2) is 18.8. The number of nitrogens with one attached hydrogen (secondary N) is 4. The first-order valence-electron chi connectivity index (χ1n) is 15.9. The van der Waals surface area contributed by atoms with Crippen LogP contribution in [0.25, 0.3) is 0 Å². The normalized spacial score (nSPS) is 15.2. The van der Waals surface area contributed by atoms with E-state index in [1.54, 1.807) is 13.8 Å². The molecule has 1 rings (SSSR count). The van der Waals surface area contributed by atoms with Gasteiger partial charge in [0.1, 0.15) is 40.0 Å². The Hall–Kier alpha value is -3.20. The van der Waals surface area contributed by atoms with E-state index in [2.05, 4.69) is 26.3 Å². The number of amides is 4. The van der Waals surface area contributed by atoms with Crippen LogP contribution in [0.15, 0.2) is 4.42 Å². The van der Waals surface area contributed by atoms with E-state index in [-0.39, 0.29) is 36.7 Å². The summed E-state index contributed by atoms with van der Waals surface area (Å²) in [6, 6.07) is -3.16. The first-order valence-corrected chi connectivity index (χ1v) is 17.9. The third-order valence-electron chi connectivity index (χ3n) is 7.15. The Morgan fingerprint density at radius 1 is 0.913 bits per heavy atom. The van der Waals surface area contributed by atoms with Gasteiger partial charge in [0.2, 0.25) is 17.7 Å². The summed E-state index contributed by atoms with van der Waals surface area (Å²) in [5, 5.41) is 21.7. The Balaban J connectivity index is 2.98. The van der Waals surface area contributed by atoms with Gasteiger partial charge in [0.25, 0.3) is 0 Å². The van der Waals surface area contributed by atoms with Crippen molar-refractivity contribution in [2.24, 2.45) is 23.7 Å². The van der Waals surface area contributed by atoms with Crippen LogP contribution in [0.5, 0.6) is 0 Å². The summed E-state index contributed by atoms with van der Waals surface area (Å²) < 4.78 is 34.9. The number of aryl methyl sites for hydroxylation is 2. The molecule has 0 aliphatic carbocycles. The van der Waals surface area contributed by atoms with Crippen LogP contribution in [0.3, 0.4) is 0 Å². The number of sulfone groups is 1. The fourth-order valence-corrected chi connectivity index (χ4v) is 5.40. The second-order valence-electron chi connectivity index (χ2n) is 13.1. The second-order valence-corrected chi connectivity index (χ2v) is 15.3. The number of alkyl carbamates (subject to hydrolysis) is 1. The van der Waals surface area contributed by atoms with Crippen LogP contribution in [0.4, 0.5) is 4.79 Å². The first-order chi connectivity index (χ1) is 21.2. The Morgan fingerprint density at radius 2 is 1.54 bits per heavy atom. The summed E-state index contributed by atoms with van der Waals surface area (Å²) in [6.07, 6.45) is -0.509. The molecule has 264 valence electrons. The van der Waals surface area contributed by atoms with Gasteiger partial charge in [-0.1, -0.05) is 55.4 Å². The Bertz CT molecular complexity index is 1260. The van der Waals surface area contributed by atoms with E-state index in [1.807, 2.05) is 48.5 Å². The van der Waals surface area contributed by atoms with Gasteiger partial charge < -0.3 is 35.5 Å². The Labute approximate surface area is 273 Å². The summed E-state index contributed by atoms with van der Waals surface area (Å²) in [5.41, 5.74) is 0.394. The monoisotopic (exact) mass is 673 g/mol. The maximum atomic E-state index is 13.3.